The number of rotatable bonds is 9. The number of nitrogens with zero attached hydrogens (tertiary/aromatic N) is 2. The summed E-state index contributed by atoms with van der Waals surface area (Å²) in [4.78, 5) is 40.6. The van der Waals surface area contributed by atoms with Gasteiger partial charge in [0.1, 0.15) is 31.8 Å². The smallest absolute Gasteiger partial charge is 0.416 e. The number of hydrogen-bond acceptors (Lipinski definition) is 6. The van der Waals surface area contributed by atoms with Gasteiger partial charge in [-0.3, -0.25) is 15.1 Å². The van der Waals surface area contributed by atoms with Gasteiger partial charge in [0.25, 0.3) is 0 Å². The van der Waals surface area contributed by atoms with Gasteiger partial charge >= 0.3 is 18.3 Å². The van der Waals surface area contributed by atoms with Crippen LogP contribution in [0.2, 0.25) is 0 Å². The van der Waals surface area contributed by atoms with E-state index in [0.717, 1.165) is 27.7 Å². The summed E-state index contributed by atoms with van der Waals surface area (Å²) in [6.45, 7) is 0.178. The second-order valence-electron chi connectivity index (χ2n) is 9.44. The average Bonchev–Trinajstić information content (AvgIpc) is 3.81. The van der Waals surface area contributed by atoms with Gasteiger partial charge in [-0.1, -0.05) is 91.0 Å². The third-order valence-electron chi connectivity index (χ3n) is 6.39. The third kappa shape index (κ3) is 7.42. The van der Waals surface area contributed by atoms with Crippen molar-refractivity contribution in [1.82, 2.24) is 4.90 Å². The topological polar surface area (TPSA) is 97.2 Å². The summed E-state index contributed by atoms with van der Waals surface area (Å²) >= 11 is 0. The Morgan fingerprint density at radius 1 is 0.738 bits per heavy atom. The molecule has 0 bridgehead atoms. The van der Waals surface area contributed by atoms with E-state index < -0.39 is 30.3 Å². The zero-order valence-corrected chi connectivity index (χ0v) is 22.5. The molecule has 1 N–H and O–H groups in total. The first-order chi connectivity index (χ1) is 20.5. The quantitative estimate of drug-likeness (QED) is 0.178. The summed E-state index contributed by atoms with van der Waals surface area (Å²) in [7, 11) is 0. The van der Waals surface area contributed by atoms with Crippen molar-refractivity contribution in [1.29, 1.82) is 0 Å². The molecule has 1 fully saturated rings. The minimum atomic E-state index is -0.843. The van der Waals surface area contributed by atoms with E-state index in [-0.39, 0.29) is 37.7 Å². The molecule has 0 aliphatic carbocycles. The molecule has 0 spiro atoms. The first-order valence-electron chi connectivity index (χ1n) is 13.2. The molecule has 214 valence electrons. The molecule has 1 heterocycles. The SMILES string of the molecule is O=C(Nc1ccc(N(C(=O)OCc2ccccc2)C2CN2C(=O)OCc2ccccc2)c(F)c1)OCc1ccccc1. The van der Waals surface area contributed by atoms with Gasteiger partial charge in [0.15, 0.2) is 0 Å². The lowest BCUT2D eigenvalue weighted by molar-refractivity contribution is 0.120. The maximum atomic E-state index is 15.4. The van der Waals surface area contributed by atoms with Crippen LogP contribution in [0, 0.1) is 5.82 Å². The number of carbonyl (C=O) groups is 3. The molecular weight excluding hydrogens is 541 g/mol. The molecule has 42 heavy (non-hydrogen) atoms. The normalized spacial score (nSPS) is 13.5. The van der Waals surface area contributed by atoms with E-state index in [1.54, 1.807) is 12.1 Å². The van der Waals surface area contributed by atoms with Crippen molar-refractivity contribution in [3.63, 3.8) is 0 Å². The third-order valence-corrected chi connectivity index (χ3v) is 6.39. The number of ether oxygens (including phenoxy) is 3. The maximum absolute atomic E-state index is 15.4. The minimum Gasteiger partial charge on any atom is -0.444 e. The van der Waals surface area contributed by atoms with Crippen molar-refractivity contribution in [3.8, 4) is 0 Å². The molecule has 3 amide bonds. The molecular formula is C32H28FN3O6. The molecule has 4 aromatic carbocycles. The summed E-state index contributed by atoms with van der Waals surface area (Å²) in [6.07, 6.45) is -3.07. The minimum absolute atomic E-state index is 0.0458. The average molecular weight is 570 g/mol. The fourth-order valence-electron chi connectivity index (χ4n) is 4.17. The highest BCUT2D eigenvalue weighted by Crippen LogP contribution is 2.33. The Kier molecular flexibility index (Phi) is 8.93. The van der Waals surface area contributed by atoms with Gasteiger partial charge in [0.2, 0.25) is 0 Å². The first kappa shape index (κ1) is 28.2. The van der Waals surface area contributed by atoms with Crippen LogP contribution in [0.15, 0.2) is 109 Å². The predicted molar refractivity (Wildman–Crippen MR) is 153 cm³/mol. The van der Waals surface area contributed by atoms with Crippen LogP contribution in [0.3, 0.4) is 0 Å². The van der Waals surface area contributed by atoms with Gasteiger partial charge < -0.3 is 14.2 Å². The standard InChI is InChI=1S/C32H28FN3O6/c33-27-18-26(34-30(37)40-20-23-10-4-1-5-11-23)16-17-28(27)36(32(39)42-22-25-14-8-3-9-15-25)29-19-35(29)31(38)41-21-24-12-6-2-7-13-24/h1-18,29H,19-22H2,(H,34,37). The molecule has 1 saturated heterocycles. The number of benzene rings is 4. The Hall–Kier alpha value is -5.38. The van der Waals surface area contributed by atoms with Gasteiger partial charge in [0, 0.05) is 5.69 Å². The van der Waals surface area contributed by atoms with Crippen LogP contribution < -0.4 is 10.2 Å². The maximum Gasteiger partial charge on any atom is 0.416 e. The van der Waals surface area contributed by atoms with Crippen molar-refractivity contribution in [2.24, 2.45) is 0 Å². The highest BCUT2D eigenvalue weighted by molar-refractivity contribution is 5.91. The number of carbonyl (C=O) groups excluding carboxylic acids is 3. The van der Waals surface area contributed by atoms with Gasteiger partial charge in [-0.25, -0.2) is 18.8 Å². The molecule has 1 aliphatic rings. The number of nitrogens with one attached hydrogen (secondary N) is 1. The van der Waals surface area contributed by atoms with Crippen LogP contribution in [-0.2, 0) is 34.0 Å². The summed E-state index contributed by atoms with van der Waals surface area (Å²) in [5, 5.41) is 2.48. The van der Waals surface area contributed by atoms with Gasteiger partial charge in [-0.2, -0.15) is 0 Å². The van der Waals surface area contributed by atoms with Crippen LogP contribution in [0.4, 0.5) is 30.1 Å². The summed E-state index contributed by atoms with van der Waals surface area (Å²) in [5.74, 6) is -0.808. The van der Waals surface area contributed by atoms with E-state index in [4.69, 9.17) is 14.2 Å². The molecule has 1 aliphatic heterocycles. The van der Waals surface area contributed by atoms with Gasteiger partial charge in [-0.05, 0) is 34.9 Å². The highest BCUT2D eigenvalue weighted by atomic mass is 19.1. The number of amides is 3. The predicted octanol–water partition coefficient (Wildman–Crippen LogP) is 6.70. The van der Waals surface area contributed by atoms with Crippen LogP contribution in [0.1, 0.15) is 16.7 Å². The largest absolute Gasteiger partial charge is 0.444 e. The van der Waals surface area contributed by atoms with Crippen molar-refractivity contribution in [2.45, 2.75) is 26.0 Å². The zero-order valence-electron chi connectivity index (χ0n) is 22.5. The van der Waals surface area contributed by atoms with Gasteiger partial charge in [0.05, 0.1) is 12.2 Å². The van der Waals surface area contributed by atoms with Crippen molar-refractivity contribution in [2.75, 3.05) is 16.8 Å². The lowest BCUT2D eigenvalue weighted by Crippen LogP contribution is -2.38. The Labute approximate surface area is 242 Å². The molecule has 0 aromatic heterocycles. The van der Waals surface area contributed by atoms with Crippen LogP contribution >= 0.6 is 0 Å². The number of halogens is 1. The summed E-state index contributed by atoms with van der Waals surface area (Å²) in [6, 6.07) is 31.1. The molecule has 1 unspecified atom stereocenters. The van der Waals surface area contributed by atoms with E-state index >= 15 is 4.39 Å². The molecule has 0 radical (unpaired) electrons. The lowest BCUT2D eigenvalue weighted by Gasteiger charge is -2.23. The molecule has 5 rings (SSSR count). The van der Waals surface area contributed by atoms with Crippen LogP contribution in [-0.4, -0.2) is 35.9 Å². The van der Waals surface area contributed by atoms with Crippen LogP contribution in [0.5, 0.6) is 0 Å². The van der Waals surface area contributed by atoms with Gasteiger partial charge in [-0.15, -0.1) is 0 Å². The van der Waals surface area contributed by atoms with Crippen molar-refractivity contribution < 1.29 is 33.0 Å². The number of hydrogen-bond donors (Lipinski definition) is 1. The van der Waals surface area contributed by atoms with Crippen LogP contribution in [0.25, 0.3) is 0 Å². The molecule has 0 saturated carbocycles. The second-order valence-corrected chi connectivity index (χ2v) is 9.44. The Morgan fingerprint density at radius 3 is 1.81 bits per heavy atom. The van der Waals surface area contributed by atoms with E-state index in [2.05, 4.69) is 5.32 Å². The van der Waals surface area contributed by atoms with E-state index in [1.165, 1.54) is 17.0 Å². The fourth-order valence-corrected chi connectivity index (χ4v) is 4.17. The molecule has 4 aromatic rings. The first-order valence-corrected chi connectivity index (χ1v) is 13.2. The second kappa shape index (κ2) is 13.3. The molecule has 10 heteroatoms. The summed E-state index contributed by atoms with van der Waals surface area (Å²) in [5.41, 5.74) is 2.35. The van der Waals surface area contributed by atoms with Crippen molar-refractivity contribution in [3.05, 3.63) is 132 Å². The monoisotopic (exact) mass is 569 g/mol. The Morgan fingerprint density at radius 2 is 1.26 bits per heavy atom. The Balaban J connectivity index is 1.27. The summed E-state index contributed by atoms with van der Waals surface area (Å²) < 4.78 is 31.5. The zero-order chi connectivity index (χ0) is 29.3. The highest BCUT2D eigenvalue weighted by Gasteiger charge is 2.48. The van der Waals surface area contributed by atoms with E-state index in [9.17, 15) is 14.4 Å². The van der Waals surface area contributed by atoms with E-state index in [1.807, 2.05) is 78.9 Å². The Bertz CT molecular complexity index is 1520. The lowest BCUT2D eigenvalue weighted by atomic mass is 10.2. The molecule has 1 atom stereocenters. The van der Waals surface area contributed by atoms with Crippen molar-refractivity contribution >= 4 is 29.7 Å². The molecule has 9 nitrogen and oxygen atoms in total. The fraction of sp³-hybridized carbons (Fsp3) is 0.156. The number of anilines is 2. The van der Waals surface area contributed by atoms with E-state index in [0.29, 0.717) is 0 Å².